The predicted octanol–water partition coefficient (Wildman–Crippen LogP) is 1.18. The molecule has 0 aromatic heterocycles. The summed E-state index contributed by atoms with van der Waals surface area (Å²) in [6.45, 7) is 1.35. The fourth-order valence-corrected chi connectivity index (χ4v) is 1.36. The van der Waals surface area contributed by atoms with Gasteiger partial charge in [0, 0.05) is 20.2 Å². The maximum absolute atomic E-state index is 13.4. The lowest BCUT2D eigenvalue weighted by molar-refractivity contribution is -0.137. The van der Waals surface area contributed by atoms with Gasteiger partial charge in [-0.25, -0.2) is 13.6 Å². The van der Waals surface area contributed by atoms with Crippen LogP contribution in [0.15, 0.2) is 12.1 Å². The van der Waals surface area contributed by atoms with Crippen molar-refractivity contribution in [2.45, 2.75) is 13.0 Å². The largest absolute Gasteiger partial charge is 0.449 e. The molecule has 1 amide bonds. The van der Waals surface area contributed by atoms with E-state index in [9.17, 15) is 18.4 Å². The summed E-state index contributed by atoms with van der Waals surface area (Å²) in [5.41, 5.74) is 4.35. The summed E-state index contributed by atoms with van der Waals surface area (Å²) in [5.74, 6) is -3.59. The number of anilines is 1. The maximum atomic E-state index is 13.4. The second-order valence-electron chi connectivity index (χ2n) is 4.13. The van der Waals surface area contributed by atoms with E-state index >= 15 is 0 Å². The molecule has 0 spiro atoms. The van der Waals surface area contributed by atoms with E-state index in [0.717, 1.165) is 6.07 Å². The number of likely N-dealkylation sites (N-methyl/N-ethyl adjacent to an activating group) is 1. The molecular weight excluding hydrogens is 258 g/mol. The Morgan fingerprint density at radius 1 is 1.26 bits per heavy atom. The molecule has 0 fully saturated rings. The van der Waals surface area contributed by atoms with E-state index in [4.69, 9.17) is 10.5 Å². The minimum atomic E-state index is -1.10. The molecule has 1 atom stereocenters. The number of carbonyl (C=O) groups excluding carboxylic acids is 2. The number of rotatable bonds is 3. The van der Waals surface area contributed by atoms with Crippen LogP contribution in [0.4, 0.5) is 14.5 Å². The van der Waals surface area contributed by atoms with Gasteiger partial charge in [0.1, 0.15) is 11.6 Å². The summed E-state index contributed by atoms with van der Waals surface area (Å²) < 4.78 is 31.1. The molecule has 2 N–H and O–H groups in total. The number of carbonyl (C=O) groups is 2. The van der Waals surface area contributed by atoms with E-state index in [-0.39, 0.29) is 5.69 Å². The number of esters is 1. The lowest BCUT2D eigenvalue weighted by Crippen LogP contribution is -2.35. The van der Waals surface area contributed by atoms with Crippen LogP contribution in [0, 0.1) is 11.6 Å². The molecule has 7 heteroatoms. The zero-order valence-corrected chi connectivity index (χ0v) is 10.7. The lowest BCUT2D eigenvalue weighted by Gasteiger charge is -2.17. The molecule has 19 heavy (non-hydrogen) atoms. The first-order valence-corrected chi connectivity index (χ1v) is 5.40. The molecule has 0 saturated carbocycles. The first-order valence-electron chi connectivity index (χ1n) is 5.40. The van der Waals surface area contributed by atoms with E-state index in [2.05, 4.69) is 0 Å². The van der Waals surface area contributed by atoms with Gasteiger partial charge >= 0.3 is 5.97 Å². The van der Waals surface area contributed by atoms with Crippen LogP contribution in [0.3, 0.4) is 0 Å². The smallest absolute Gasteiger partial charge is 0.341 e. The molecular formula is C12H14F2N2O3. The maximum Gasteiger partial charge on any atom is 0.341 e. The summed E-state index contributed by atoms with van der Waals surface area (Å²) in [5, 5.41) is 0. The van der Waals surface area contributed by atoms with Gasteiger partial charge in [-0.15, -0.1) is 0 Å². The summed E-state index contributed by atoms with van der Waals surface area (Å²) in [6, 6.07) is 1.32. The van der Waals surface area contributed by atoms with Gasteiger partial charge in [0.15, 0.2) is 6.10 Å². The van der Waals surface area contributed by atoms with Crippen molar-refractivity contribution in [2.24, 2.45) is 0 Å². The summed E-state index contributed by atoms with van der Waals surface area (Å²) in [4.78, 5) is 24.4. The fraction of sp³-hybridized carbons (Fsp3) is 0.333. The average molecular weight is 272 g/mol. The van der Waals surface area contributed by atoms with Gasteiger partial charge in [-0.2, -0.15) is 0 Å². The first-order chi connectivity index (χ1) is 8.73. The molecule has 0 radical (unpaired) electrons. The summed E-state index contributed by atoms with van der Waals surface area (Å²) >= 11 is 0. The van der Waals surface area contributed by atoms with Crippen molar-refractivity contribution < 1.29 is 23.1 Å². The molecule has 0 bridgehead atoms. The van der Waals surface area contributed by atoms with Crippen LogP contribution in [-0.2, 0) is 9.53 Å². The second kappa shape index (κ2) is 5.64. The minimum absolute atomic E-state index is 0.375. The van der Waals surface area contributed by atoms with Crippen molar-refractivity contribution in [1.29, 1.82) is 0 Å². The van der Waals surface area contributed by atoms with Gasteiger partial charge in [-0.3, -0.25) is 4.79 Å². The Kier molecular flexibility index (Phi) is 4.42. The van der Waals surface area contributed by atoms with Gasteiger partial charge in [-0.05, 0) is 13.0 Å². The van der Waals surface area contributed by atoms with Crippen molar-refractivity contribution in [3.05, 3.63) is 29.3 Å². The summed E-state index contributed by atoms with van der Waals surface area (Å²) in [7, 11) is 2.98. The standard InChI is InChI=1S/C12H14F2N2O3/c1-6(11(17)16(2)3)19-12(18)7-4-10(15)9(14)5-8(7)13/h4-6H,15H2,1-3H3. The topological polar surface area (TPSA) is 72.6 Å². The predicted molar refractivity (Wildman–Crippen MR) is 64.3 cm³/mol. The molecule has 0 heterocycles. The van der Waals surface area contributed by atoms with E-state index in [0.29, 0.717) is 6.07 Å². The molecule has 104 valence electrons. The zero-order chi connectivity index (χ0) is 14.7. The van der Waals surface area contributed by atoms with Crippen LogP contribution in [0.1, 0.15) is 17.3 Å². The Morgan fingerprint density at radius 2 is 1.84 bits per heavy atom. The van der Waals surface area contributed by atoms with Gasteiger partial charge in [0.2, 0.25) is 0 Å². The highest BCUT2D eigenvalue weighted by atomic mass is 19.1. The SMILES string of the molecule is CC(OC(=O)c1cc(N)c(F)cc1F)C(=O)N(C)C. The Morgan fingerprint density at radius 3 is 2.37 bits per heavy atom. The quantitative estimate of drug-likeness (QED) is 0.662. The van der Waals surface area contributed by atoms with Crippen LogP contribution in [0.5, 0.6) is 0 Å². The van der Waals surface area contributed by atoms with Crippen LogP contribution in [0.25, 0.3) is 0 Å². The Bertz CT molecular complexity index is 518. The molecule has 1 unspecified atom stereocenters. The Hall–Kier alpha value is -2.18. The molecule has 1 aromatic rings. The van der Waals surface area contributed by atoms with E-state index < -0.39 is 35.2 Å². The van der Waals surface area contributed by atoms with Crippen LogP contribution in [-0.4, -0.2) is 37.0 Å². The molecule has 0 aliphatic carbocycles. The first kappa shape index (κ1) is 14.9. The number of hydrogen-bond donors (Lipinski definition) is 1. The third-order valence-corrected chi connectivity index (χ3v) is 2.38. The van der Waals surface area contributed by atoms with Crippen LogP contribution < -0.4 is 5.73 Å². The number of nitrogen functional groups attached to an aromatic ring is 1. The monoisotopic (exact) mass is 272 g/mol. The highest BCUT2D eigenvalue weighted by molar-refractivity contribution is 5.93. The van der Waals surface area contributed by atoms with Crippen molar-refractivity contribution in [1.82, 2.24) is 4.90 Å². The molecule has 0 aliphatic rings. The molecule has 0 saturated heterocycles. The molecule has 0 aliphatic heterocycles. The number of nitrogens with two attached hydrogens (primary N) is 1. The van der Waals surface area contributed by atoms with Gasteiger partial charge < -0.3 is 15.4 Å². The second-order valence-corrected chi connectivity index (χ2v) is 4.13. The van der Waals surface area contributed by atoms with Crippen molar-refractivity contribution >= 4 is 17.6 Å². The van der Waals surface area contributed by atoms with Gasteiger partial charge in [-0.1, -0.05) is 0 Å². The van der Waals surface area contributed by atoms with Crippen molar-refractivity contribution in [3.8, 4) is 0 Å². The van der Waals surface area contributed by atoms with Gasteiger partial charge in [0.05, 0.1) is 11.3 Å². The Balaban J connectivity index is 2.90. The third-order valence-electron chi connectivity index (χ3n) is 2.38. The zero-order valence-electron chi connectivity index (χ0n) is 10.7. The number of nitrogens with zero attached hydrogens (tertiary/aromatic N) is 1. The van der Waals surface area contributed by atoms with Crippen LogP contribution >= 0.6 is 0 Å². The van der Waals surface area contributed by atoms with E-state index in [1.165, 1.54) is 25.9 Å². The average Bonchev–Trinajstić information content (AvgIpc) is 2.32. The summed E-state index contributed by atoms with van der Waals surface area (Å²) in [6.07, 6.45) is -1.08. The number of ether oxygens (including phenoxy) is 1. The highest BCUT2D eigenvalue weighted by Gasteiger charge is 2.23. The van der Waals surface area contributed by atoms with Crippen molar-refractivity contribution in [3.63, 3.8) is 0 Å². The van der Waals surface area contributed by atoms with Crippen molar-refractivity contribution in [2.75, 3.05) is 19.8 Å². The number of amides is 1. The molecule has 1 aromatic carbocycles. The number of halogens is 2. The highest BCUT2D eigenvalue weighted by Crippen LogP contribution is 2.18. The number of hydrogen-bond acceptors (Lipinski definition) is 4. The van der Waals surface area contributed by atoms with Gasteiger partial charge in [0.25, 0.3) is 5.91 Å². The number of benzene rings is 1. The normalized spacial score (nSPS) is 11.8. The lowest BCUT2D eigenvalue weighted by atomic mass is 10.2. The van der Waals surface area contributed by atoms with Crippen LogP contribution in [0.2, 0.25) is 0 Å². The Labute approximate surface area is 108 Å². The molecule has 5 nitrogen and oxygen atoms in total. The third kappa shape index (κ3) is 3.40. The molecule has 1 rings (SSSR count). The fourth-order valence-electron chi connectivity index (χ4n) is 1.36. The van der Waals surface area contributed by atoms with E-state index in [1.54, 1.807) is 0 Å². The van der Waals surface area contributed by atoms with E-state index in [1.807, 2.05) is 0 Å². The minimum Gasteiger partial charge on any atom is -0.449 e.